The van der Waals surface area contributed by atoms with Gasteiger partial charge in [0.25, 0.3) is 5.69 Å². The fourth-order valence-electron chi connectivity index (χ4n) is 2.16. The van der Waals surface area contributed by atoms with Gasteiger partial charge < -0.3 is 5.32 Å². The third-order valence-electron chi connectivity index (χ3n) is 3.50. The van der Waals surface area contributed by atoms with Crippen LogP contribution in [0.1, 0.15) is 16.7 Å². The second-order valence-corrected chi connectivity index (χ2v) is 5.42. The molecule has 0 unspecified atom stereocenters. The first-order chi connectivity index (χ1) is 12.3. The van der Waals surface area contributed by atoms with Crippen molar-refractivity contribution in [2.75, 3.05) is 6.54 Å². The number of nitrogens with zero attached hydrogens (tertiary/aromatic N) is 1. The van der Waals surface area contributed by atoms with Gasteiger partial charge in [-0.05, 0) is 35.8 Å². The summed E-state index contributed by atoms with van der Waals surface area (Å²) in [5.41, 5.74) is 0.387. The molecule has 0 aliphatic rings. The predicted molar refractivity (Wildman–Crippen MR) is 90.3 cm³/mol. The van der Waals surface area contributed by atoms with E-state index >= 15 is 0 Å². The van der Waals surface area contributed by atoms with E-state index in [4.69, 9.17) is 0 Å². The molecule has 26 heavy (non-hydrogen) atoms. The molecule has 0 aliphatic heterocycles. The molecular formula is C18H15F3N2O3. The van der Waals surface area contributed by atoms with Gasteiger partial charge in [0.2, 0.25) is 5.91 Å². The summed E-state index contributed by atoms with van der Waals surface area (Å²) in [7, 11) is 0. The summed E-state index contributed by atoms with van der Waals surface area (Å²) in [4.78, 5) is 21.9. The summed E-state index contributed by atoms with van der Waals surface area (Å²) < 4.78 is 37.4. The summed E-state index contributed by atoms with van der Waals surface area (Å²) in [6.45, 7) is 0.253. The Morgan fingerprint density at radius 1 is 1.15 bits per heavy atom. The van der Waals surface area contributed by atoms with Gasteiger partial charge in [0.15, 0.2) is 0 Å². The predicted octanol–water partition coefficient (Wildman–Crippen LogP) is 3.99. The lowest BCUT2D eigenvalue weighted by atomic mass is 10.1. The number of halogens is 3. The Morgan fingerprint density at radius 3 is 2.46 bits per heavy atom. The minimum absolute atomic E-state index is 0.0742. The molecule has 2 rings (SSSR count). The van der Waals surface area contributed by atoms with Crippen molar-refractivity contribution in [3.63, 3.8) is 0 Å². The highest BCUT2D eigenvalue weighted by molar-refractivity contribution is 5.91. The number of non-ortho nitro benzene ring substituents is 1. The van der Waals surface area contributed by atoms with Gasteiger partial charge in [-0.25, -0.2) is 0 Å². The maximum Gasteiger partial charge on any atom is 0.416 e. The summed E-state index contributed by atoms with van der Waals surface area (Å²) in [6.07, 6.45) is -1.30. The Hall–Kier alpha value is -3.16. The van der Waals surface area contributed by atoms with Crippen LogP contribution in [0.3, 0.4) is 0 Å². The van der Waals surface area contributed by atoms with Crippen LogP contribution in [0.5, 0.6) is 0 Å². The molecule has 0 aromatic heterocycles. The number of benzene rings is 2. The minimum atomic E-state index is -4.37. The van der Waals surface area contributed by atoms with Crippen molar-refractivity contribution in [2.24, 2.45) is 0 Å². The summed E-state index contributed by atoms with van der Waals surface area (Å²) in [5, 5.41) is 13.3. The average molecular weight is 364 g/mol. The zero-order valence-corrected chi connectivity index (χ0v) is 13.5. The van der Waals surface area contributed by atoms with Crippen LogP contribution in [0.15, 0.2) is 54.6 Å². The number of hydrogen-bond acceptors (Lipinski definition) is 3. The first-order valence-corrected chi connectivity index (χ1v) is 7.62. The topological polar surface area (TPSA) is 72.2 Å². The molecule has 0 radical (unpaired) electrons. The lowest BCUT2D eigenvalue weighted by Gasteiger charge is -2.07. The Labute approximate surface area is 147 Å². The van der Waals surface area contributed by atoms with Crippen LogP contribution in [0.4, 0.5) is 18.9 Å². The molecule has 0 bridgehead atoms. The molecule has 0 atom stereocenters. The van der Waals surface area contributed by atoms with E-state index < -0.39 is 22.6 Å². The molecular weight excluding hydrogens is 349 g/mol. The first kappa shape index (κ1) is 19.2. The van der Waals surface area contributed by atoms with Gasteiger partial charge in [0, 0.05) is 24.8 Å². The summed E-state index contributed by atoms with van der Waals surface area (Å²) in [6, 6.07) is 10.6. The quantitative estimate of drug-likeness (QED) is 0.479. The molecule has 5 nitrogen and oxygen atoms in total. The van der Waals surface area contributed by atoms with Crippen molar-refractivity contribution in [1.82, 2.24) is 5.32 Å². The lowest BCUT2D eigenvalue weighted by molar-refractivity contribution is -0.384. The van der Waals surface area contributed by atoms with Crippen molar-refractivity contribution in [3.05, 3.63) is 81.4 Å². The van der Waals surface area contributed by atoms with E-state index in [9.17, 15) is 28.1 Å². The van der Waals surface area contributed by atoms with Gasteiger partial charge in [0.1, 0.15) is 0 Å². The van der Waals surface area contributed by atoms with Crippen LogP contribution >= 0.6 is 0 Å². The molecule has 0 heterocycles. The molecule has 0 saturated heterocycles. The summed E-state index contributed by atoms with van der Waals surface area (Å²) >= 11 is 0. The van der Waals surface area contributed by atoms with Crippen molar-refractivity contribution < 1.29 is 22.9 Å². The number of carbonyl (C=O) groups excluding carboxylic acids is 1. The van der Waals surface area contributed by atoms with Gasteiger partial charge in [-0.1, -0.05) is 24.3 Å². The van der Waals surface area contributed by atoms with E-state index in [-0.39, 0.29) is 12.2 Å². The average Bonchev–Trinajstić information content (AvgIpc) is 2.60. The van der Waals surface area contributed by atoms with Crippen LogP contribution in [0, 0.1) is 10.1 Å². The van der Waals surface area contributed by atoms with Crippen LogP contribution in [0.25, 0.3) is 6.08 Å². The fraction of sp³-hybridized carbons (Fsp3) is 0.167. The molecule has 0 spiro atoms. The number of carbonyl (C=O) groups is 1. The highest BCUT2D eigenvalue weighted by Crippen LogP contribution is 2.29. The third-order valence-corrected chi connectivity index (χ3v) is 3.50. The van der Waals surface area contributed by atoms with Crippen molar-refractivity contribution in [3.8, 4) is 0 Å². The highest BCUT2D eigenvalue weighted by Gasteiger charge is 2.29. The number of nitro benzene ring substituents is 1. The summed E-state index contributed by atoms with van der Waals surface area (Å²) in [5.74, 6) is -0.400. The van der Waals surface area contributed by atoms with Crippen LogP contribution in [0.2, 0.25) is 0 Å². The zero-order chi connectivity index (χ0) is 19.2. The van der Waals surface area contributed by atoms with E-state index in [1.807, 2.05) is 0 Å². The normalized spacial score (nSPS) is 11.5. The smallest absolute Gasteiger partial charge is 0.352 e. The van der Waals surface area contributed by atoms with Crippen LogP contribution in [-0.4, -0.2) is 17.4 Å². The van der Waals surface area contributed by atoms with Crippen molar-refractivity contribution in [1.29, 1.82) is 0 Å². The number of nitrogens with one attached hydrogen (secondary N) is 1. The van der Waals surface area contributed by atoms with E-state index in [1.54, 1.807) is 6.07 Å². The number of amides is 1. The molecule has 2 aromatic carbocycles. The van der Waals surface area contributed by atoms with Crippen molar-refractivity contribution in [2.45, 2.75) is 12.6 Å². The van der Waals surface area contributed by atoms with Gasteiger partial charge in [0.05, 0.1) is 10.5 Å². The van der Waals surface area contributed by atoms with Gasteiger partial charge in [-0.2, -0.15) is 13.2 Å². The second kappa shape index (κ2) is 8.28. The Kier molecular flexibility index (Phi) is 6.11. The maximum atomic E-state index is 12.5. The molecule has 136 valence electrons. The number of nitro groups is 1. The maximum absolute atomic E-state index is 12.5. The molecule has 8 heteroatoms. The second-order valence-electron chi connectivity index (χ2n) is 5.42. The van der Waals surface area contributed by atoms with E-state index in [1.165, 1.54) is 42.5 Å². The van der Waals surface area contributed by atoms with Gasteiger partial charge >= 0.3 is 6.18 Å². The number of hydrogen-bond donors (Lipinski definition) is 1. The standard InChI is InChI=1S/C18H15F3N2O3/c19-18(20,21)15-7-4-13(5-8-15)10-11-22-17(24)9-6-14-2-1-3-16(12-14)23(25)26/h1-9,12H,10-11H2,(H,22,24)/b9-6+. The SMILES string of the molecule is O=C(/C=C/c1cccc([N+](=O)[O-])c1)NCCc1ccc(C(F)(F)F)cc1. The van der Waals surface area contributed by atoms with Gasteiger partial charge in [-0.3, -0.25) is 14.9 Å². The zero-order valence-electron chi connectivity index (χ0n) is 13.5. The fourth-order valence-corrected chi connectivity index (χ4v) is 2.16. The molecule has 0 aliphatic carbocycles. The first-order valence-electron chi connectivity index (χ1n) is 7.62. The monoisotopic (exact) mass is 364 g/mol. The van der Waals surface area contributed by atoms with E-state index in [0.717, 1.165) is 12.1 Å². The minimum Gasteiger partial charge on any atom is -0.352 e. The Balaban J connectivity index is 1.83. The molecule has 0 fully saturated rings. The molecule has 1 N–H and O–H groups in total. The number of rotatable bonds is 6. The van der Waals surface area contributed by atoms with E-state index in [2.05, 4.69) is 5.32 Å². The third kappa shape index (κ3) is 5.73. The number of alkyl halides is 3. The highest BCUT2D eigenvalue weighted by atomic mass is 19.4. The van der Waals surface area contributed by atoms with Crippen LogP contribution < -0.4 is 5.32 Å². The molecule has 2 aromatic rings. The Morgan fingerprint density at radius 2 is 1.85 bits per heavy atom. The molecule has 0 saturated carbocycles. The van der Waals surface area contributed by atoms with Crippen LogP contribution in [-0.2, 0) is 17.4 Å². The Bertz CT molecular complexity index is 815. The largest absolute Gasteiger partial charge is 0.416 e. The van der Waals surface area contributed by atoms with Gasteiger partial charge in [-0.15, -0.1) is 0 Å². The molecule has 1 amide bonds. The van der Waals surface area contributed by atoms with Crippen molar-refractivity contribution >= 4 is 17.7 Å². The van der Waals surface area contributed by atoms with E-state index in [0.29, 0.717) is 17.5 Å². The lowest BCUT2D eigenvalue weighted by Crippen LogP contribution is -2.23.